The van der Waals surface area contributed by atoms with E-state index in [0.717, 1.165) is 5.69 Å². The molecule has 0 saturated carbocycles. The number of aromatic nitrogens is 2. The van der Waals surface area contributed by atoms with Gasteiger partial charge in [-0.1, -0.05) is 0 Å². The molecule has 0 fully saturated rings. The summed E-state index contributed by atoms with van der Waals surface area (Å²) in [5, 5.41) is 3.13. The van der Waals surface area contributed by atoms with E-state index in [1.54, 1.807) is 12.3 Å². The Balaban J connectivity index is 2.67. The predicted molar refractivity (Wildman–Crippen MR) is 70.0 cm³/mol. The Bertz CT molecular complexity index is 398. The maximum absolute atomic E-state index is 11.2. The van der Waals surface area contributed by atoms with Gasteiger partial charge in [-0.15, -0.1) is 0 Å². The van der Waals surface area contributed by atoms with Crippen molar-refractivity contribution in [3.05, 3.63) is 11.8 Å². The second kappa shape index (κ2) is 6.54. The molecule has 0 saturated heterocycles. The molecule has 0 aliphatic rings. The molecule has 0 radical (unpaired) electrons. The van der Waals surface area contributed by atoms with Gasteiger partial charge in [0.05, 0.1) is 6.61 Å². The number of nitrogens with one attached hydrogen (secondary N) is 1. The van der Waals surface area contributed by atoms with E-state index in [4.69, 9.17) is 4.74 Å². The maximum atomic E-state index is 11.2. The first-order valence-electron chi connectivity index (χ1n) is 5.57. The van der Waals surface area contributed by atoms with Crippen molar-refractivity contribution < 1.29 is 8.95 Å². The van der Waals surface area contributed by atoms with Gasteiger partial charge in [-0.2, -0.15) is 4.98 Å². The Labute approximate surface area is 104 Å². The minimum absolute atomic E-state index is 0.0645. The highest BCUT2D eigenvalue weighted by Gasteiger charge is 2.08. The van der Waals surface area contributed by atoms with E-state index in [0.29, 0.717) is 25.0 Å². The van der Waals surface area contributed by atoms with Crippen molar-refractivity contribution in [1.82, 2.24) is 9.97 Å². The molecule has 0 aliphatic heterocycles. The van der Waals surface area contributed by atoms with Crippen molar-refractivity contribution in [2.75, 3.05) is 24.7 Å². The van der Waals surface area contributed by atoms with Gasteiger partial charge in [0.2, 0.25) is 11.8 Å². The van der Waals surface area contributed by atoms with Gasteiger partial charge >= 0.3 is 0 Å². The van der Waals surface area contributed by atoms with Crippen LogP contribution in [0.4, 0.5) is 5.95 Å². The van der Waals surface area contributed by atoms with Crippen molar-refractivity contribution >= 4 is 16.7 Å². The molecule has 1 aromatic rings. The normalized spacial score (nSPS) is 14.1. The van der Waals surface area contributed by atoms with Crippen LogP contribution in [0, 0.1) is 6.92 Å². The summed E-state index contributed by atoms with van der Waals surface area (Å²) in [5.74, 6) is 1.08. The highest BCUT2D eigenvalue weighted by atomic mass is 32.2. The van der Waals surface area contributed by atoms with Gasteiger partial charge in [0.1, 0.15) is 0 Å². The van der Waals surface area contributed by atoms with E-state index in [1.165, 1.54) is 0 Å². The van der Waals surface area contributed by atoms with Crippen LogP contribution in [0.3, 0.4) is 0 Å². The van der Waals surface area contributed by atoms with Crippen LogP contribution in [0.25, 0.3) is 0 Å². The summed E-state index contributed by atoms with van der Waals surface area (Å²) in [7, 11) is -0.847. The first-order chi connectivity index (χ1) is 8.02. The van der Waals surface area contributed by atoms with Crippen molar-refractivity contribution in [3.63, 3.8) is 0 Å². The van der Waals surface area contributed by atoms with Gasteiger partial charge in [0.15, 0.2) is 0 Å². The molecular formula is C11H19N3O2S. The smallest absolute Gasteiger partial charge is 0.226 e. The van der Waals surface area contributed by atoms with E-state index in [-0.39, 0.29) is 5.25 Å². The molecule has 1 aromatic heterocycles. The SMILES string of the molecule is CCOc1cc(C)nc(NCC(C)S(C)=O)n1. The van der Waals surface area contributed by atoms with Crippen molar-refractivity contribution in [1.29, 1.82) is 0 Å². The second-order valence-corrected chi connectivity index (χ2v) is 5.60. The standard InChI is InChI=1S/C11H19N3O2S/c1-5-16-10-6-8(2)13-11(14-10)12-7-9(3)17(4)15/h6,9H,5,7H2,1-4H3,(H,12,13,14). The lowest BCUT2D eigenvalue weighted by Gasteiger charge is -2.11. The minimum atomic E-state index is -0.847. The molecule has 6 heteroatoms. The van der Waals surface area contributed by atoms with Crippen molar-refractivity contribution in [2.45, 2.75) is 26.0 Å². The molecular weight excluding hydrogens is 238 g/mol. The second-order valence-electron chi connectivity index (χ2n) is 3.79. The summed E-state index contributed by atoms with van der Waals surface area (Å²) in [6, 6.07) is 1.79. The molecule has 5 nitrogen and oxygen atoms in total. The Kier molecular flexibility index (Phi) is 5.34. The fraction of sp³-hybridized carbons (Fsp3) is 0.636. The Morgan fingerprint density at radius 3 is 2.82 bits per heavy atom. The van der Waals surface area contributed by atoms with Crippen LogP contribution in [-0.2, 0) is 10.8 Å². The number of ether oxygens (including phenoxy) is 1. The summed E-state index contributed by atoms with van der Waals surface area (Å²) in [6.07, 6.45) is 1.69. The molecule has 0 bridgehead atoms. The topological polar surface area (TPSA) is 64.1 Å². The molecule has 1 heterocycles. The lowest BCUT2D eigenvalue weighted by Crippen LogP contribution is -2.21. The molecule has 2 unspecified atom stereocenters. The molecule has 96 valence electrons. The maximum Gasteiger partial charge on any atom is 0.226 e. The van der Waals surface area contributed by atoms with E-state index in [2.05, 4.69) is 15.3 Å². The van der Waals surface area contributed by atoms with Crippen LogP contribution >= 0.6 is 0 Å². The van der Waals surface area contributed by atoms with E-state index < -0.39 is 10.8 Å². The van der Waals surface area contributed by atoms with Crippen LogP contribution in [0.5, 0.6) is 5.88 Å². The van der Waals surface area contributed by atoms with Crippen molar-refractivity contribution in [2.24, 2.45) is 0 Å². The number of nitrogens with zero attached hydrogens (tertiary/aromatic N) is 2. The third kappa shape index (κ3) is 4.68. The number of rotatable bonds is 6. The van der Waals surface area contributed by atoms with Gasteiger partial charge in [-0.3, -0.25) is 4.21 Å². The third-order valence-corrected chi connectivity index (χ3v) is 3.54. The molecule has 1 rings (SSSR count). The molecule has 1 N–H and O–H groups in total. The summed E-state index contributed by atoms with van der Waals surface area (Å²) >= 11 is 0. The lowest BCUT2D eigenvalue weighted by molar-refractivity contribution is 0.326. The molecule has 0 spiro atoms. The highest BCUT2D eigenvalue weighted by Crippen LogP contribution is 2.12. The molecule has 0 aromatic carbocycles. The van der Waals surface area contributed by atoms with Gasteiger partial charge in [-0.05, 0) is 20.8 Å². The average molecular weight is 257 g/mol. The fourth-order valence-corrected chi connectivity index (χ4v) is 1.51. The Morgan fingerprint density at radius 1 is 1.53 bits per heavy atom. The number of hydrogen-bond donors (Lipinski definition) is 1. The molecule has 0 aliphatic carbocycles. The molecule has 17 heavy (non-hydrogen) atoms. The van der Waals surface area contributed by atoms with Crippen LogP contribution in [0.1, 0.15) is 19.5 Å². The van der Waals surface area contributed by atoms with Gasteiger partial charge < -0.3 is 10.1 Å². The zero-order chi connectivity index (χ0) is 12.8. The molecule has 2 atom stereocenters. The van der Waals surface area contributed by atoms with Crippen LogP contribution in [0.2, 0.25) is 0 Å². The monoisotopic (exact) mass is 257 g/mol. The largest absolute Gasteiger partial charge is 0.478 e. The summed E-state index contributed by atoms with van der Waals surface area (Å²) in [5.41, 5.74) is 0.844. The zero-order valence-electron chi connectivity index (χ0n) is 10.7. The van der Waals surface area contributed by atoms with Crippen molar-refractivity contribution in [3.8, 4) is 5.88 Å². The number of hydrogen-bond acceptors (Lipinski definition) is 5. The van der Waals surface area contributed by atoms with Gasteiger partial charge in [0, 0.05) is 40.6 Å². The number of anilines is 1. The van der Waals surface area contributed by atoms with Crippen LogP contribution in [0.15, 0.2) is 6.07 Å². The zero-order valence-corrected chi connectivity index (χ0v) is 11.5. The van der Waals surface area contributed by atoms with E-state index in [9.17, 15) is 4.21 Å². The fourth-order valence-electron chi connectivity index (χ4n) is 1.19. The quantitative estimate of drug-likeness (QED) is 0.833. The van der Waals surface area contributed by atoms with Crippen LogP contribution < -0.4 is 10.1 Å². The lowest BCUT2D eigenvalue weighted by atomic mass is 10.4. The number of aryl methyl sites for hydroxylation is 1. The van der Waals surface area contributed by atoms with Gasteiger partial charge in [0.25, 0.3) is 0 Å². The Morgan fingerprint density at radius 2 is 2.24 bits per heavy atom. The third-order valence-electron chi connectivity index (χ3n) is 2.24. The first-order valence-corrected chi connectivity index (χ1v) is 7.19. The molecule has 0 amide bonds. The summed E-state index contributed by atoms with van der Waals surface area (Å²) in [4.78, 5) is 8.46. The predicted octanol–water partition coefficient (Wildman–Crippen LogP) is 1.36. The van der Waals surface area contributed by atoms with E-state index >= 15 is 0 Å². The summed E-state index contributed by atoms with van der Waals surface area (Å²) in [6.45, 7) is 6.87. The van der Waals surface area contributed by atoms with Crippen LogP contribution in [-0.4, -0.2) is 38.8 Å². The minimum Gasteiger partial charge on any atom is -0.478 e. The first kappa shape index (κ1) is 13.9. The Hall–Kier alpha value is -1.17. The van der Waals surface area contributed by atoms with E-state index in [1.807, 2.05) is 20.8 Å². The highest BCUT2D eigenvalue weighted by molar-refractivity contribution is 7.84. The average Bonchev–Trinajstić information content (AvgIpc) is 2.25. The van der Waals surface area contributed by atoms with Gasteiger partial charge in [-0.25, -0.2) is 4.98 Å². The summed E-state index contributed by atoms with van der Waals surface area (Å²) < 4.78 is 16.5.